The van der Waals surface area contributed by atoms with Gasteiger partial charge in [0.05, 0.1) is 18.5 Å². The third-order valence-electron chi connectivity index (χ3n) is 4.73. The number of benzene rings is 2. The molecule has 2 aromatic carbocycles. The quantitative estimate of drug-likeness (QED) is 0.486. The normalized spacial score (nSPS) is 10.6. The predicted molar refractivity (Wildman–Crippen MR) is 117 cm³/mol. The zero-order valence-corrected chi connectivity index (χ0v) is 17.2. The van der Waals surface area contributed by atoms with Crippen LogP contribution in [0.4, 0.5) is 5.69 Å². The zero-order chi connectivity index (χ0) is 21.1. The summed E-state index contributed by atoms with van der Waals surface area (Å²) in [4.78, 5) is 17.1. The SMILES string of the molecule is COc1ccc(-n2nc(C(=O)Nc3cccc(Cl)c3C)cc2-c2cccnc2)cc1. The molecule has 150 valence electrons. The highest BCUT2D eigenvalue weighted by Gasteiger charge is 2.18. The number of amides is 1. The highest BCUT2D eigenvalue weighted by atomic mass is 35.5. The molecule has 0 radical (unpaired) electrons. The summed E-state index contributed by atoms with van der Waals surface area (Å²) in [5.74, 6) is 0.418. The Balaban J connectivity index is 1.74. The maximum absolute atomic E-state index is 12.9. The molecule has 0 bridgehead atoms. The fraction of sp³-hybridized carbons (Fsp3) is 0.0870. The number of ether oxygens (including phenoxy) is 1. The molecule has 6 nitrogen and oxygen atoms in total. The van der Waals surface area contributed by atoms with E-state index in [0.717, 1.165) is 28.3 Å². The molecule has 0 saturated heterocycles. The Bertz CT molecular complexity index is 1190. The Morgan fingerprint density at radius 2 is 1.90 bits per heavy atom. The fourth-order valence-electron chi connectivity index (χ4n) is 3.06. The summed E-state index contributed by atoms with van der Waals surface area (Å²) < 4.78 is 6.95. The summed E-state index contributed by atoms with van der Waals surface area (Å²) in [5, 5.41) is 8.05. The van der Waals surface area contributed by atoms with Gasteiger partial charge in [0.15, 0.2) is 5.69 Å². The number of carbonyl (C=O) groups is 1. The standard InChI is InChI=1S/C23H19ClN4O2/c1-15-19(24)6-3-7-20(15)26-23(29)21-13-22(16-5-4-12-25-14-16)28(27-21)17-8-10-18(30-2)11-9-17/h3-14H,1-2H3,(H,26,29). The number of halogens is 1. The van der Waals surface area contributed by atoms with Crippen molar-refractivity contribution in [2.24, 2.45) is 0 Å². The van der Waals surface area contributed by atoms with E-state index in [1.165, 1.54) is 0 Å². The molecular formula is C23H19ClN4O2. The molecule has 30 heavy (non-hydrogen) atoms. The molecule has 0 atom stereocenters. The second-order valence-electron chi connectivity index (χ2n) is 6.63. The predicted octanol–water partition coefficient (Wildman–Crippen LogP) is 5.16. The number of hydrogen-bond acceptors (Lipinski definition) is 4. The molecule has 0 spiro atoms. The van der Waals surface area contributed by atoms with Crippen LogP contribution < -0.4 is 10.1 Å². The van der Waals surface area contributed by atoms with Crippen molar-refractivity contribution in [1.82, 2.24) is 14.8 Å². The number of nitrogens with one attached hydrogen (secondary N) is 1. The van der Waals surface area contributed by atoms with Gasteiger partial charge in [-0.05, 0) is 67.1 Å². The number of anilines is 1. The van der Waals surface area contributed by atoms with Gasteiger partial charge >= 0.3 is 0 Å². The van der Waals surface area contributed by atoms with Crippen molar-refractivity contribution in [3.63, 3.8) is 0 Å². The number of nitrogens with zero attached hydrogens (tertiary/aromatic N) is 3. The molecule has 2 heterocycles. The van der Waals surface area contributed by atoms with Crippen molar-refractivity contribution in [3.05, 3.63) is 89.3 Å². The molecule has 2 aromatic heterocycles. The number of methoxy groups -OCH3 is 1. The van der Waals surface area contributed by atoms with Gasteiger partial charge in [0, 0.05) is 28.7 Å². The van der Waals surface area contributed by atoms with E-state index < -0.39 is 0 Å². The Morgan fingerprint density at radius 1 is 1.10 bits per heavy atom. The molecule has 0 aliphatic heterocycles. The molecular weight excluding hydrogens is 400 g/mol. The minimum absolute atomic E-state index is 0.282. The summed E-state index contributed by atoms with van der Waals surface area (Å²) in [6.45, 7) is 1.86. The van der Waals surface area contributed by atoms with Crippen molar-refractivity contribution in [3.8, 4) is 22.7 Å². The van der Waals surface area contributed by atoms with Gasteiger partial charge < -0.3 is 10.1 Å². The number of carbonyl (C=O) groups excluding carboxylic acids is 1. The van der Waals surface area contributed by atoms with Crippen LogP contribution in [0.15, 0.2) is 73.1 Å². The Kier molecular flexibility index (Phi) is 5.50. The van der Waals surface area contributed by atoms with Crippen LogP contribution in [0.3, 0.4) is 0 Å². The maximum Gasteiger partial charge on any atom is 0.276 e. The Morgan fingerprint density at radius 3 is 2.60 bits per heavy atom. The molecule has 1 amide bonds. The van der Waals surface area contributed by atoms with E-state index in [1.807, 2.05) is 49.4 Å². The lowest BCUT2D eigenvalue weighted by Gasteiger charge is -2.08. The van der Waals surface area contributed by atoms with Crippen LogP contribution in [0.25, 0.3) is 16.9 Å². The van der Waals surface area contributed by atoms with Gasteiger partial charge in [-0.2, -0.15) is 5.10 Å². The third kappa shape index (κ3) is 3.90. The third-order valence-corrected chi connectivity index (χ3v) is 5.14. The second-order valence-corrected chi connectivity index (χ2v) is 7.04. The van der Waals surface area contributed by atoms with Crippen LogP contribution in [-0.2, 0) is 0 Å². The molecule has 4 aromatic rings. The van der Waals surface area contributed by atoms with Crippen LogP contribution in [0.1, 0.15) is 16.1 Å². The monoisotopic (exact) mass is 418 g/mol. The molecule has 0 aliphatic rings. The van der Waals surface area contributed by atoms with E-state index in [1.54, 1.807) is 42.4 Å². The first-order valence-electron chi connectivity index (χ1n) is 9.28. The Hall–Kier alpha value is -3.64. The van der Waals surface area contributed by atoms with Crippen LogP contribution in [-0.4, -0.2) is 27.8 Å². The van der Waals surface area contributed by atoms with Crippen LogP contribution in [0.2, 0.25) is 5.02 Å². The first kappa shape index (κ1) is 19.7. The average Bonchev–Trinajstić information content (AvgIpc) is 3.23. The minimum atomic E-state index is -0.322. The largest absolute Gasteiger partial charge is 0.497 e. The highest BCUT2D eigenvalue weighted by Crippen LogP contribution is 2.26. The zero-order valence-electron chi connectivity index (χ0n) is 16.5. The second kappa shape index (κ2) is 8.39. The van der Waals surface area contributed by atoms with E-state index >= 15 is 0 Å². The molecule has 1 N–H and O–H groups in total. The van der Waals surface area contributed by atoms with Crippen molar-refractivity contribution in [2.75, 3.05) is 12.4 Å². The van der Waals surface area contributed by atoms with Gasteiger partial charge in [0.25, 0.3) is 5.91 Å². The summed E-state index contributed by atoms with van der Waals surface area (Å²) in [6.07, 6.45) is 3.44. The van der Waals surface area contributed by atoms with Gasteiger partial charge in [0.1, 0.15) is 5.75 Å². The molecule has 0 saturated carbocycles. The molecule has 4 rings (SSSR count). The van der Waals surface area contributed by atoms with Gasteiger partial charge in [-0.1, -0.05) is 17.7 Å². The van der Waals surface area contributed by atoms with Crippen LogP contribution >= 0.6 is 11.6 Å². The van der Waals surface area contributed by atoms with Gasteiger partial charge in [-0.3, -0.25) is 9.78 Å². The molecule has 0 unspecified atom stereocenters. The smallest absolute Gasteiger partial charge is 0.276 e. The summed E-state index contributed by atoms with van der Waals surface area (Å²) in [6, 6.07) is 18.4. The number of rotatable bonds is 5. The lowest BCUT2D eigenvalue weighted by atomic mass is 10.1. The molecule has 7 heteroatoms. The van der Waals surface area contributed by atoms with E-state index in [2.05, 4.69) is 15.4 Å². The number of pyridine rings is 1. The van der Waals surface area contributed by atoms with Gasteiger partial charge in [-0.25, -0.2) is 4.68 Å². The number of aromatic nitrogens is 3. The first-order chi connectivity index (χ1) is 14.6. The molecule has 0 aliphatic carbocycles. The van der Waals surface area contributed by atoms with Gasteiger partial charge in [0.2, 0.25) is 0 Å². The minimum Gasteiger partial charge on any atom is -0.497 e. The van der Waals surface area contributed by atoms with Crippen LogP contribution in [0, 0.1) is 6.92 Å². The molecule has 0 fully saturated rings. The average molecular weight is 419 g/mol. The van der Waals surface area contributed by atoms with Crippen molar-refractivity contribution < 1.29 is 9.53 Å². The van der Waals surface area contributed by atoms with Crippen molar-refractivity contribution >= 4 is 23.2 Å². The van der Waals surface area contributed by atoms with Gasteiger partial charge in [-0.15, -0.1) is 0 Å². The maximum atomic E-state index is 12.9. The first-order valence-corrected chi connectivity index (χ1v) is 9.66. The lowest BCUT2D eigenvalue weighted by molar-refractivity contribution is 0.102. The number of hydrogen-bond donors (Lipinski definition) is 1. The lowest BCUT2D eigenvalue weighted by Crippen LogP contribution is -2.14. The van der Waals surface area contributed by atoms with Crippen molar-refractivity contribution in [1.29, 1.82) is 0 Å². The topological polar surface area (TPSA) is 69.0 Å². The Labute approximate surface area is 179 Å². The van der Waals surface area contributed by atoms with Crippen molar-refractivity contribution in [2.45, 2.75) is 6.92 Å². The van der Waals surface area contributed by atoms with E-state index in [9.17, 15) is 4.79 Å². The van der Waals surface area contributed by atoms with E-state index in [-0.39, 0.29) is 11.6 Å². The highest BCUT2D eigenvalue weighted by molar-refractivity contribution is 6.31. The van der Waals surface area contributed by atoms with Crippen LogP contribution in [0.5, 0.6) is 5.75 Å². The summed E-state index contributed by atoms with van der Waals surface area (Å²) >= 11 is 6.17. The summed E-state index contributed by atoms with van der Waals surface area (Å²) in [5.41, 5.74) is 4.13. The van der Waals surface area contributed by atoms with E-state index in [4.69, 9.17) is 16.3 Å². The van der Waals surface area contributed by atoms with E-state index in [0.29, 0.717) is 10.7 Å². The summed E-state index contributed by atoms with van der Waals surface area (Å²) in [7, 11) is 1.62. The fourth-order valence-corrected chi connectivity index (χ4v) is 3.24.